The van der Waals surface area contributed by atoms with Gasteiger partial charge in [-0.1, -0.05) is 13.3 Å². The Balaban J connectivity index is 0.000000118. The van der Waals surface area contributed by atoms with Gasteiger partial charge in [0.1, 0.15) is 12.2 Å². The summed E-state index contributed by atoms with van der Waals surface area (Å²) in [5, 5.41) is 9.20. The van der Waals surface area contributed by atoms with Crippen LogP contribution in [0.5, 0.6) is 0 Å². The summed E-state index contributed by atoms with van der Waals surface area (Å²) >= 11 is 9.53. The summed E-state index contributed by atoms with van der Waals surface area (Å²) in [6.07, 6.45) is 15.4. The molecule has 6 aliphatic heterocycles. The first-order valence-electron chi connectivity index (χ1n) is 13.7. The summed E-state index contributed by atoms with van der Waals surface area (Å²) in [6.45, 7) is 2.46. The lowest BCUT2D eigenvalue weighted by Gasteiger charge is -2.42. The fourth-order valence-corrected chi connectivity index (χ4v) is 7.84. The Labute approximate surface area is 218 Å². The zero-order valence-corrected chi connectivity index (χ0v) is 22.1. The van der Waals surface area contributed by atoms with Crippen LogP contribution >= 0.6 is 23.2 Å². The van der Waals surface area contributed by atoms with Gasteiger partial charge in [0, 0.05) is 32.3 Å². The van der Waals surface area contributed by atoms with E-state index in [9.17, 15) is 0 Å². The Kier molecular flexibility index (Phi) is 7.40. The van der Waals surface area contributed by atoms with Crippen LogP contribution in [0.15, 0.2) is 0 Å². The maximum Gasteiger partial charge on any atom is 0.110 e. The first-order valence-corrected chi connectivity index (χ1v) is 14.8. The minimum absolute atomic E-state index is 0.0282. The number of hydrogen-bond acceptors (Lipinski definition) is 7. The van der Waals surface area contributed by atoms with Crippen molar-refractivity contribution in [2.24, 2.45) is 0 Å². The van der Waals surface area contributed by atoms with Gasteiger partial charge in [0.05, 0.1) is 65.4 Å². The van der Waals surface area contributed by atoms with Crippen LogP contribution in [0.25, 0.3) is 0 Å². The van der Waals surface area contributed by atoms with Crippen LogP contribution in [0.3, 0.4) is 0 Å². The molecule has 7 nitrogen and oxygen atoms in total. The molecule has 4 bridgehead atoms. The molecule has 2 spiro atoms. The second-order valence-electron chi connectivity index (χ2n) is 11.6. The van der Waals surface area contributed by atoms with Gasteiger partial charge in [-0.25, -0.2) is 0 Å². The van der Waals surface area contributed by atoms with Crippen molar-refractivity contribution in [2.75, 3.05) is 11.9 Å². The highest BCUT2D eigenvalue weighted by molar-refractivity contribution is 6.40. The molecule has 0 aromatic rings. The molecule has 2 aliphatic carbocycles. The zero-order valence-electron chi connectivity index (χ0n) is 20.6. The number of aliphatic hydroxyl groups is 1. The van der Waals surface area contributed by atoms with Crippen molar-refractivity contribution >= 4 is 23.2 Å². The Morgan fingerprint density at radius 2 is 1.11 bits per heavy atom. The third kappa shape index (κ3) is 4.80. The minimum atomic E-state index is -0.0829. The fraction of sp³-hybridized carbons (Fsp3) is 1.00. The molecular weight excluding hydrogens is 495 g/mol. The lowest BCUT2D eigenvalue weighted by molar-refractivity contribution is -0.172. The van der Waals surface area contributed by atoms with E-state index in [0.717, 1.165) is 44.9 Å². The predicted molar refractivity (Wildman–Crippen MR) is 130 cm³/mol. The first kappa shape index (κ1) is 25.6. The molecule has 0 radical (unpaired) electrons. The second-order valence-corrected chi connectivity index (χ2v) is 12.4. The smallest absolute Gasteiger partial charge is 0.110 e. The molecule has 35 heavy (non-hydrogen) atoms. The molecule has 200 valence electrons. The quantitative estimate of drug-likeness (QED) is 0.429. The maximum absolute atomic E-state index is 9.01. The summed E-state index contributed by atoms with van der Waals surface area (Å²) < 4.78 is 36.0. The largest absolute Gasteiger partial charge is 0.396 e. The Bertz CT molecular complexity index is 691. The van der Waals surface area contributed by atoms with Crippen molar-refractivity contribution in [1.29, 1.82) is 0 Å². The molecule has 6 heterocycles. The summed E-state index contributed by atoms with van der Waals surface area (Å²) in [6, 6.07) is 0. The number of epoxide rings is 2. The van der Waals surface area contributed by atoms with Crippen LogP contribution in [-0.4, -0.2) is 89.3 Å². The Hall–Kier alpha value is 0.300. The molecule has 0 aromatic carbocycles. The third-order valence-corrected chi connectivity index (χ3v) is 9.38. The van der Waals surface area contributed by atoms with Gasteiger partial charge in [-0.05, 0) is 38.5 Å². The standard InChI is InChI=1S/C13H20O3.C12H18O4.CH2Cl2/c1-2-3-8-4-5-11-13(16-8)6-9(14-11)12-10(7-13)15-12;13-4-3-7-1-2-10-12(16-7)5-8(14-10)11-9(6-12)15-11;2-1-3/h8-12H,2-7H2,1H3;7-11,13H,1-6H2;1H2/t8?,9-,10?,11+,12+,13?;7?,8-,9?,10+,11+,12?;/m11./s1. The summed E-state index contributed by atoms with van der Waals surface area (Å²) in [5.74, 6) is 0. The van der Waals surface area contributed by atoms with E-state index >= 15 is 0 Å². The van der Waals surface area contributed by atoms with Crippen LogP contribution in [0, 0.1) is 0 Å². The maximum atomic E-state index is 9.01. The molecule has 8 fully saturated rings. The SMILES string of the molecule is CCCC1CC[C@@H]2O[C@@H]3CC2(CC2O[C@H]23)O1.ClCCl.OCCC1CC[C@@H]2O[C@@H]3CC2(CC2O[C@H]23)O1. The number of halogens is 2. The number of ether oxygens (including phenoxy) is 6. The van der Waals surface area contributed by atoms with E-state index in [4.69, 9.17) is 56.7 Å². The monoisotopic (exact) mass is 534 g/mol. The molecule has 1 N–H and O–H groups in total. The third-order valence-electron chi connectivity index (χ3n) is 9.38. The van der Waals surface area contributed by atoms with E-state index in [1.54, 1.807) is 0 Å². The van der Waals surface area contributed by atoms with Gasteiger partial charge in [-0.15, -0.1) is 23.2 Å². The molecule has 12 atom stereocenters. The fourth-order valence-electron chi connectivity index (χ4n) is 7.84. The van der Waals surface area contributed by atoms with Crippen molar-refractivity contribution in [3.05, 3.63) is 0 Å². The van der Waals surface area contributed by atoms with Gasteiger partial charge in [0.25, 0.3) is 0 Å². The minimum Gasteiger partial charge on any atom is -0.396 e. The number of rotatable bonds is 4. The van der Waals surface area contributed by atoms with Crippen molar-refractivity contribution in [3.63, 3.8) is 0 Å². The van der Waals surface area contributed by atoms with E-state index in [1.165, 1.54) is 25.7 Å². The number of aliphatic hydroxyl groups excluding tert-OH is 1. The molecule has 0 aromatic heterocycles. The van der Waals surface area contributed by atoms with E-state index in [1.807, 2.05) is 0 Å². The molecule has 8 aliphatic rings. The van der Waals surface area contributed by atoms with Gasteiger partial charge in [-0.3, -0.25) is 0 Å². The lowest BCUT2D eigenvalue weighted by Crippen LogP contribution is -2.50. The number of hydrogen-bond donors (Lipinski definition) is 1. The summed E-state index contributed by atoms with van der Waals surface area (Å²) in [5.41, 5.74) is -0.0547. The molecular formula is C26H40Cl2O7. The summed E-state index contributed by atoms with van der Waals surface area (Å²) in [4.78, 5) is 0. The lowest BCUT2D eigenvalue weighted by atomic mass is 9.78. The van der Waals surface area contributed by atoms with Crippen LogP contribution < -0.4 is 0 Å². The highest BCUT2D eigenvalue weighted by Gasteiger charge is 2.67. The van der Waals surface area contributed by atoms with Gasteiger partial charge < -0.3 is 33.5 Å². The highest BCUT2D eigenvalue weighted by atomic mass is 35.5. The Morgan fingerprint density at radius 3 is 1.54 bits per heavy atom. The van der Waals surface area contributed by atoms with Crippen molar-refractivity contribution in [1.82, 2.24) is 0 Å². The van der Waals surface area contributed by atoms with Crippen LogP contribution in [-0.2, 0) is 28.4 Å². The molecule has 8 rings (SSSR count). The zero-order chi connectivity index (χ0) is 24.2. The molecule has 2 saturated carbocycles. The van der Waals surface area contributed by atoms with E-state index < -0.39 is 0 Å². The van der Waals surface area contributed by atoms with Gasteiger partial charge >= 0.3 is 0 Å². The average Bonchev–Trinajstić information content (AvgIpc) is 3.71. The van der Waals surface area contributed by atoms with Gasteiger partial charge in [0.2, 0.25) is 0 Å². The van der Waals surface area contributed by atoms with E-state index in [-0.39, 0.29) is 41.5 Å². The van der Waals surface area contributed by atoms with Crippen molar-refractivity contribution in [2.45, 2.75) is 150 Å². The predicted octanol–water partition coefficient (Wildman–Crippen LogP) is 4.07. The first-order chi connectivity index (χ1) is 17.0. The van der Waals surface area contributed by atoms with E-state index in [0.29, 0.717) is 42.7 Å². The Morgan fingerprint density at radius 1 is 0.686 bits per heavy atom. The topological polar surface area (TPSA) is 82.2 Å². The van der Waals surface area contributed by atoms with Crippen LogP contribution in [0.1, 0.15) is 77.6 Å². The number of fused-ring (bicyclic) bond motifs is 6. The molecule has 6 unspecified atom stereocenters. The van der Waals surface area contributed by atoms with E-state index in [2.05, 4.69) is 6.92 Å². The molecule has 6 saturated heterocycles. The second kappa shape index (κ2) is 10.1. The van der Waals surface area contributed by atoms with Crippen LogP contribution in [0.4, 0.5) is 0 Å². The van der Waals surface area contributed by atoms with Crippen LogP contribution in [0.2, 0.25) is 0 Å². The number of alkyl halides is 2. The van der Waals surface area contributed by atoms with Crippen molar-refractivity contribution < 1.29 is 33.5 Å². The van der Waals surface area contributed by atoms with Gasteiger partial charge in [-0.2, -0.15) is 0 Å². The molecule has 0 amide bonds. The average molecular weight is 536 g/mol. The molecule has 9 heteroatoms. The summed E-state index contributed by atoms with van der Waals surface area (Å²) in [7, 11) is 0. The highest BCUT2D eigenvalue weighted by Crippen LogP contribution is 2.56. The normalized spacial score (nSPS) is 53.5. The van der Waals surface area contributed by atoms with Crippen molar-refractivity contribution in [3.8, 4) is 0 Å². The van der Waals surface area contributed by atoms with Gasteiger partial charge in [0.15, 0.2) is 0 Å².